The van der Waals surface area contributed by atoms with E-state index < -0.39 is 0 Å². The Morgan fingerprint density at radius 2 is 2.05 bits per heavy atom. The van der Waals surface area contributed by atoms with Crippen molar-refractivity contribution in [2.24, 2.45) is 11.8 Å². The van der Waals surface area contributed by atoms with Gasteiger partial charge in [0.05, 0.1) is 11.7 Å². The number of hydrogen-bond donors (Lipinski definition) is 1. The van der Waals surface area contributed by atoms with Gasteiger partial charge in [0.1, 0.15) is 0 Å². The molecule has 3 unspecified atom stereocenters. The van der Waals surface area contributed by atoms with Crippen LogP contribution in [-0.2, 0) is 6.54 Å². The van der Waals surface area contributed by atoms with Crippen LogP contribution in [0.15, 0.2) is 12.3 Å². The lowest BCUT2D eigenvalue weighted by Crippen LogP contribution is -2.32. The van der Waals surface area contributed by atoms with Gasteiger partial charge in [0, 0.05) is 18.8 Å². The second-order valence-corrected chi connectivity index (χ2v) is 6.35. The van der Waals surface area contributed by atoms with Crippen LogP contribution in [0.5, 0.6) is 0 Å². The molecule has 1 aliphatic rings. The van der Waals surface area contributed by atoms with Crippen LogP contribution >= 0.6 is 0 Å². The van der Waals surface area contributed by atoms with Crippen LogP contribution in [0.2, 0.25) is 0 Å². The monoisotopic (exact) mass is 277 g/mol. The Morgan fingerprint density at radius 3 is 2.65 bits per heavy atom. The molecule has 1 aromatic rings. The average Bonchev–Trinajstić information content (AvgIpc) is 3.05. The van der Waals surface area contributed by atoms with Gasteiger partial charge in [-0.25, -0.2) is 0 Å². The van der Waals surface area contributed by atoms with E-state index in [9.17, 15) is 0 Å². The van der Waals surface area contributed by atoms with Crippen molar-refractivity contribution in [3.63, 3.8) is 0 Å². The van der Waals surface area contributed by atoms with Crippen LogP contribution < -0.4 is 5.32 Å². The number of rotatable bonds is 7. The molecule has 0 radical (unpaired) electrons. The minimum absolute atomic E-state index is 0.554. The second-order valence-electron chi connectivity index (χ2n) is 6.35. The first-order valence-corrected chi connectivity index (χ1v) is 8.46. The topological polar surface area (TPSA) is 29.9 Å². The Balaban J connectivity index is 1.86. The summed E-state index contributed by atoms with van der Waals surface area (Å²) in [7, 11) is 0. The third-order valence-corrected chi connectivity index (χ3v) is 5.28. The lowest BCUT2D eigenvalue weighted by Gasteiger charge is -2.20. The summed E-state index contributed by atoms with van der Waals surface area (Å²) in [6.45, 7) is 10.1. The minimum Gasteiger partial charge on any atom is -0.308 e. The van der Waals surface area contributed by atoms with Crippen molar-refractivity contribution >= 4 is 0 Å². The van der Waals surface area contributed by atoms with Crippen LogP contribution in [0, 0.1) is 11.8 Å². The van der Waals surface area contributed by atoms with E-state index in [1.165, 1.54) is 25.0 Å². The van der Waals surface area contributed by atoms with E-state index in [1.54, 1.807) is 0 Å². The normalized spacial score (nSPS) is 26.6. The summed E-state index contributed by atoms with van der Waals surface area (Å²) in [5.41, 5.74) is 1.18. The standard InChI is InChI=1S/C17H31N3/c1-5-14-8-9-17(13(14)4)18-12-15-10-11-20(19-15)16(6-2)7-3/h10-11,13-14,16-18H,5-9,12H2,1-4H3. The van der Waals surface area contributed by atoms with E-state index >= 15 is 0 Å². The molecule has 1 fully saturated rings. The zero-order chi connectivity index (χ0) is 14.5. The van der Waals surface area contributed by atoms with Crippen molar-refractivity contribution in [2.45, 2.75) is 78.4 Å². The summed E-state index contributed by atoms with van der Waals surface area (Å²) in [5.74, 6) is 1.72. The van der Waals surface area contributed by atoms with Gasteiger partial charge in [-0.15, -0.1) is 0 Å². The van der Waals surface area contributed by atoms with Crippen LogP contribution in [0.4, 0.5) is 0 Å². The summed E-state index contributed by atoms with van der Waals surface area (Å²) in [6.07, 6.45) is 8.49. The summed E-state index contributed by atoms with van der Waals surface area (Å²) < 4.78 is 2.14. The van der Waals surface area contributed by atoms with E-state index in [0.29, 0.717) is 12.1 Å². The van der Waals surface area contributed by atoms with Gasteiger partial charge in [-0.2, -0.15) is 5.10 Å². The molecule has 20 heavy (non-hydrogen) atoms. The maximum atomic E-state index is 4.73. The predicted octanol–water partition coefficient (Wildman–Crippen LogP) is 4.16. The van der Waals surface area contributed by atoms with Gasteiger partial charge in [-0.3, -0.25) is 4.68 Å². The molecule has 3 atom stereocenters. The van der Waals surface area contributed by atoms with Crippen LogP contribution in [0.1, 0.15) is 71.5 Å². The average molecular weight is 277 g/mol. The Morgan fingerprint density at radius 1 is 1.30 bits per heavy atom. The van der Waals surface area contributed by atoms with E-state index in [-0.39, 0.29) is 0 Å². The highest BCUT2D eigenvalue weighted by atomic mass is 15.3. The van der Waals surface area contributed by atoms with Gasteiger partial charge >= 0.3 is 0 Å². The Labute approximate surface area is 124 Å². The fourth-order valence-electron chi connectivity index (χ4n) is 3.69. The van der Waals surface area contributed by atoms with Gasteiger partial charge in [-0.05, 0) is 43.6 Å². The molecule has 2 rings (SSSR count). The van der Waals surface area contributed by atoms with Crippen molar-refractivity contribution in [3.05, 3.63) is 18.0 Å². The highest BCUT2D eigenvalue weighted by Gasteiger charge is 2.30. The fourth-order valence-corrected chi connectivity index (χ4v) is 3.69. The van der Waals surface area contributed by atoms with Gasteiger partial charge in [0.15, 0.2) is 0 Å². The van der Waals surface area contributed by atoms with Crippen molar-refractivity contribution < 1.29 is 0 Å². The highest BCUT2D eigenvalue weighted by Crippen LogP contribution is 2.33. The molecule has 0 bridgehead atoms. The summed E-state index contributed by atoms with van der Waals surface area (Å²) in [4.78, 5) is 0. The molecular weight excluding hydrogens is 246 g/mol. The van der Waals surface area contributed by atoms with Gasteiger partial charge in [0.25, 0.3) is 0 Å². The first-order chi connectivity index (χ1) is 9.69. The van der Waals surface area contributed by atoms with Gasteiger partial charge in [0.2, 0.25) is 0 Å². The summed E-state index contributed by atoms with van der Waals surface area (Å²) in [5, 5.41) is 8.46. The molecule has 0 amide bonds. The first-order valence-electron chi connectivity index (χ1n) is 8.46. The Bertz CT molecular complexity index is 395. The SMILES string of the molecule is CCC1CCC(NCc2ccn(C(CC)CC)n2)C1C. The maximum absolute atomic E-state index is 4.73. The lowest BCUT2D eigenvalue weighted by molar-refractivity contribution is 0.342. The molecule has 0 spiro atoms. The number of nitrogens with one attached hydrogen (secondary N) is 1. The largest absolute Gasteiger partial charge is 0.308 e. The zero-order valence-corrected chi connectivity index (χ0v) is 13.6. The summed E-state index contributed by atoms with van der Waals surface area (Å²) in [6, 6.07) is 3.40. The molecule has 114 valence electrons. The summed E-state index contributed by atoms with van der Waals surface area (Å²) >= 11 is 0. The lowest BCUT2D eigenvalue weighted by atomic mass is 9.93. The Hall–Kier alpha value is -0.830. The van der Waals surface area contributed by atoms with E-state index in [2.05, 4.69) is 50.0 Å². The Kier molecular flexibility index (Phi) is 5.64. The molecule has 1 N–H and O–H groups in total. The van der Waals surface area contributed by atoms with Gasteiger partial charge in [-0.1, -0.05) is 34.1 Å². The molecule has 0 aromatic carbocycles. The van der Waals surface area contributed by atoms with Crippen molar-refractivity contribution in [1.82, 2.24) is 15.1 Å². The predicted molar refractivity (Wildman–Crippen MR) is 84.7 cm³/mol. The number of nitrogens with zero attached hydrogens (tertiary/aromatic N) is 2. The van der Waals surface area contributed by atoms with E-state index in [4.69, 9.17) is 5.10 Å². The molecule has 1 aromatic heterocycles. The van der Waals surface area contributed by atoms with E-state index in [0.717, 1.165) is 31.2 Å². The fraction of sp³-hybridized carbons (Fsp3) is 0.824. The van der Waals surface area contributed by atoms with Crippen LogP contribution in [0.3, 0.4) is 0 Å². The maximum Gasteiger partial charge on any atom is 0.0762 e. The molecule has 1 aliphatic carbocycles. The third kappa shape index (κ3) is 3.43. The van der Waals surface area contributed by atoms with Crippen molar-refractivity contribution in [2.75, 3.05) is 0 Å². The first kappa shape index (κ1) is 15.6. The smallest absolute Gasteiger partial charge is 0.0762 e. The molecular formula is C17H31N3. The quantitative estimate of drug-likeness (QED) is 0.811. The van der Waals surface area contributed by atoms with Gasteiger partial charge < -0.3 is 5.32 Å². The third-order valence-electron chi connectivity index (χ3n) is 5.28. The zero-order valence-electron chi connectivity index (χ0n) is 13.6. The van der Waals surface area contributed by atoms with Crippen molar-refractivity contribution in [1.29, 1.82) is 0 Å². The molecule has 1 saturated carbocycles. The molecule has 0 aliphatic heterocycles. The van der Waals surface area contributed by atoms with Crippen molar-refractivity contribution in [3.8, 4) is 0 Å². The molecule has 0 saturated heterocycles. The molecule has 1 heterocycles. The van der Waals surface area contributed by atoms with Crippen LogP contribution in [-0.4, -0.2) is 15.8 Å². The van der Waals surface area contributed by atoms with Crippen LogP contribution in [0.25, 0.3) is 0 Å². The number of aromatic nitrogens is 2. The highest BCUT2D eigenvalue weighted by molar-refractivity contribution is 5.00. The van der Waals surface area contributed by atoms with E-state index in [1.807, 2.05) is 0 Å². The second kappa shape index (κ2) is 7.26. The molecule has 3 nitrogen and oxygen atoms in total. The molecule has 3 heteroatoms. The number of hydrogen-bond acceptors (Lipinski definition) is 2. The minimum atomic E-state index is 0.554.